The van der Waals surface area contributed by atoms with Crippen molar-refractivity contribution >= 4 is 17.4 Å². The highest BCUT2D eigenvalue weighted by molar-refractivity contribution is 6.00. The van der Waals surface area contributed by atoms with E-state index in [4.69, 9.17) is 5.11 Å². The zero-order valence-corrected chi connectivity index (χ0v) is 12.0. The van der Waals surface area contributed by atoms with Crippen molar-refractivity contribution in [1.82, 2.24) is 19.9 Å². The summed E-state index contributed by atoms with van der Waals surface area (Å²) in [5.74, 6) is -1.57. The van der Waals surface area contributed by atoms with Crippen LogP contribution in [0.1, 0.15) is 30.6 Å². The van der Waals surface area contributed by atoms with E-state index in [-0.39, 0.29) is 18.4 Å². The van der Waals surface area contributed by atoms with Crippen LogP contribution in [0.15, 0.2) is 24.8 Å². The monoisotopic (exact) mass is 290 g/mol. The number of carboxylic acid groups (broad SMARTS) is 1. The highest BCUT2D eigenvalue weighted by Crippen LogP contribution is 2.12. The minimum Gasteiger partial charge on any atom is -0.481 e. The second kappa shape index (κ2) is 6.34. The third-order valence-corrected chi connectivity index (χ3v) is 3.18. The van der Waals surface area contributed by atoms with Gasteiger partial charge in [0.1, 0.15) is 0 Å². The number of hydrogen-bond acceptors (Lipinski definition) is 4. The second-order valence-corrected chi connectivity index (χ2v) is 5.34. The standard InChI is InChI=1S/C14H18N4O3/c1-9(2)5-10(14(20)21)6-16-13(19)11-7-17-18-4-3-15-8-12(11)18/h3-4,7-10H,5-6H2,1-2H3,(H,16,19)(H,20,21). The molecule has 1 atom stereocenters. The Morgan fingerprint density at radius 1 is 1.38 bits per heavy atom. The molecule has 0 saturated carbocycles. The van der Waals surface area contributed by atoms with Crippen molar-refractivity contribution in [2.24, 2.45) is 11.8 Å². The molecule has 0 bridgehead atoms. The van der Waals surface area contributed by atoms with Crippen molar-refractivity contribution in [3.63, 3.8) is 0 Å². The average molecular weight is 290 g/mol. The fraction of sp³-hybridized carbons (Fsp3) is 0.429. The molecule has 0 spiro atoms. The van der Waals surface area contributed by atoms with Gasteiger partial charge in [-0.1, -0.05) is 13.8 Å². The molecular formula is C14H18N4O3. The number of rotatable bonds is 6. The smallest absolute Gasteiger partial charge is 0.308 e. The van der Waals surface area contributed by atoms with Gasteiger partial charge in [0.25, 0.3) is 5.91 Å². The van der Waals surface area contributed by atoms with Crippen LogP contribution in [0.5, 0.6) is 0 Å². The number of aromatic nitrogens is 3. The van der Waals surface area contributed by atoms with Gasteiger partial charge < -0.3 is 10.4 Å². The van der Waals surface area contributed by atoms with Gasteiger partial charge >= 0.3 is 5.97 Å². The number of hydrogen-bond donors (Lipinski definition) is 2. The summed E-state index contributed by atoms with van der Waals surface area (Å²) in [5.41, 5.74) is 0.975. The molecule has 0 radical (unpaired) electrons. The fourth-order valence-electron chi connectivity index (χ4n) is 2.16. The maximum absolute atomic E-state index is 12.1. The lowest BCUT2D eigenvalue weighted by Gasteiger charge is -2.15. The van der Waals surface area contributed by atoms with E-state index in [1.165, 1.54) is 6.20 Å². The van der Waals surface area contributed by atoms with Crippen molar-refractivity contribution in [2.75, 3.05) is 6.54 Å². The summed E-state index contributed by atoms with van der Waals surface area (Å²) in [6.45, 7) is 4.01. The lowest BCUT2D eigenvalue weighted by Crippen LogP contribution is -2.33. The minimum atomic E-state index is -0.898. The van der Waals surface area contributed by atoms with E-state index in [9.17, 15) is 9.59 Å². The maximum Gasteiger partial charge on any atom is 0.308 e. The Kier molecular flexibility index (Phi) is 4.52. The molecule has 21 heavy (non-hydrogen) atoms. The highest BCUT2D eigenvalue weighted by atomic mass is 16.4. The number of aliphatic carboxylic acids is 1. The van der Waals surface area contributed by atoms with Crippen LogP contribution in [0.3, 0.4) is 0 Å². The molecule has 0 aliphatic heterocycles. The summed E-state index contributed by atoms with van der Waals surface area (Å²) in [4.78, 5) is 27.3. The molecule has 112 valence electrons. The number of nitrogens with one attached hydrogen (secondary N) is 1. The zero-order valence-electron chi connectivity index (χ0n) is 12.0. The van der Waals surface area contributed by atoms with E-state index in [1.807, 2.05) is 13.8 Å². The molecule has 0 aliphatic carbocycles. The van der Waals surface area contributed by atoms with E-state index in [1.54, 1.807) is 23.1 Å². The molecule has 7 nitrogen and oxygen atoms in total. The Morgan fingerprint density at radius 2 is 2.14 bits per heavy atom. The summed E-state index contributed by atoms with van der Waals surface area (Å²) >= 11 is 0. The van der Waals surface area contributed by atoms with Gasteiger partial charge in [0.15, 0.2) is 0 Å². The number of amides is 1. The molecule has 1 unspecified atom stereocenters. The van der Waals surface area contributed by atoms with Gasteiger partial charge in [-0.15, -0.1) is 0 Å². The number of fused-ring (bicyclic) bond motifs is 1. The molecule has 0 saturated heterocycles. The van der Waals surface area contributed by atoms with E-state index < -0.39 is 11.9 Å². The highest BCUT2D eigenvalue weighted by Gasteiger charge is 2.21. The van der Waals surface area contributed by atoms with Gasteiger partial charge in [0.2, 0.25) is 0 Å². The molecule has 1 amide bonds. The lowest BCUT2D eigenvalue weighted by atomic mass is 9.97. The molecule has 2 rings (SSSR count). The third-order valence-electron chi connectivity index (χ3n) is 3.18. The second-order valence-electron chi connectivity index (χ2n) is 5.34. The molecule has 7 heteroatoms. The summed E-state index contributed by atoms with van der Waals surface area (Å²) < 4.78 is 1.55. The summed E-state index contributed by atoms with van der Waals surface area (Å²) in [5, 5.41) is 15.9. The van der Waals surface area contributed by atoms with Crippen LogP contribution in [0, 0.1) is 11.8 Å². The zero-order chi connectivity index (χ0) is 15.4. The van der Waals surface area contributed by atoms with Gasteiger partial charge in [0.05, 0.1) is 29.4 Å². The first-order chi connectivity index (χ1) is 9.99. The molecule has 0 aliphatic rings. The van der Waals surface area contributed by atoms with Crippen molar-refractivity contribution in [2.45, 2.75) is 20.3 Å². The van der Waals surface area contributed by atoms with E-state index in [0.717, 1.165) is 0 Å². The number of nitrogens with zero attached hydrogens (tertiary/aromatic N) is 3. The summed E-state index contributed by atoms with van der Waals surface area (Å²) in [7, 11) is 0. The average Bonchev–Trinajstić information content (AvgIpc) is 2.86. The van der Waals surface area contributed by atoms with Crippen molar-refractivity contribution < 1.29 is 14.7 Å². The maximum atomic E-state index is 12.1. The molecule has 0 aromatic carbocycles. The Balaban J connectivity index is 2.05. The molecular weight excluding hydrogens is 272 g/mol. The first-order valence-electron chi connectivity index (χ1n) is 6.77. The minimum absolute atomic E-state index is 0.101. The van der Waals surface area contributed by atoms with Crippen LogP contribution in [-0.4, -0.2) is 38.1 Å². The van der Waals surface area contributed by atoms with Gasteiger partial charge in [-0.25, -0.2) is 4.52 Å². The van der Waals surface area contributed by atoms with E-state index in [0.29, 0.717) is 17.5 Å². The normalized spacial score (nSPS) is 12.5. The van der Waals surface area contributed by atoms with Crippen molar-refractivity contribution in [3.05, 3.63) is 30.4 Å². The molecule has 2 aromatic heterocycles. The number of carbonyl (C=O) groups is 2. The van der Waals surface area contributed by atoms with Crippen LogP contribution in [0.2, 0.25) is 0 Å². The van der Waals surface area contributed by atoms with Crippen LogP contribution in [-0.2, 0) is 4.79 Å². The predicted octanol–water partition coefficient (Wildman–Crippen LogP) is 1.21. The van der Waals surface area contributed by atoms with E-state index >= 15 is 0 Å². The Hall–Kier alpha value is -2.44. The van der Waals surface area contributed by atoms with Crippen LogP contribution in [0.25, 0.3) is 5.52 Å². The predicted molar refractivity (Wildman–Crippen MR) is 75.9 cm³/mol. The number of carbonyl (C=O) groups excluding carboxylic acids is 1. The quantitative estimate of drug-likeness (QED) is 0.833. The van der Waals surface area contributed by atoms with Crippen LogP contribution >= 0.6 is 0 Å². The van der Waals surface area contributed by atoms with Crippen LogP contribution < -0.4 is 5.32 Å². The van der Waals surface area contributed by atoms with Crippen molar-refractivity contribution in [1.29, 1.82) is 0 Å². The Morgan fingerprint density at radius 3 is 2.81 bits per heavy atom. The van der Waals surface area contributed by atoms with Crippen molar-refractivity contribution in [3.8, 4) is 0 Å². The Bertz CT molecular complexity index is 650. The molecule has 2 heterocycles. The summed E-state index contributed by atoms with van der Waals surface area (Å²) in [6, 6.07) is 0. The SMILES string of the molecule is CC(C)CC(CNC(=O)c1cnn2ccncc12)C(=O)O. The molecule has 2 aromatic rings. The fourth-order valence-corrected chi connectivity index (χ4v) is 2.16. The third kappa shape index (κ3) is 3.56. The topological polar surface area (TPSA) is 96.6 Å². The lowest BCUT2D eigenvalue weighted by molar-refractivity contribution is -0.142. The number of carboxylic acids is 1. The van der Waals surface area contributed by atoms with Crippen LogP contribution in [0.4, 0.5) is 0 Å². The Labute approximate surface area is 122 Å². The first-order valence-corrected chi connectivity index (χ1v) is 6.77. The van der Waals surface area contributed by atoms with Gasteiger partial charge in [0, 0.05) is 18.9 Å². The molecule has 0 fully saturated rings. The first kappa shape index (κ1) is 15.0. The van der Waals surface area contributed by atoms with Gasteiger partial charge in [-0.2, -0.15) is 5.10 Å². The van der Waals surface area contributed by atoms with Gasteiger partial charge in [-0.3, -0.25) is 14.6 Å². The molecule has 2 N–H and O–H groups in total. The van der Waals surface area contributed by atoms with E-state index in [2.05, 4.69) is 15.4 Å². The largest absolute Gasteiger partial charge is 0.481 e. The summed E-state index contributed by atoms with van der Waals surface area (Å²) in [6.07, 6.45) is 6.73. The van der Waals surface area contributed by atoms with Gasteiger partial charge in [-0.05, 0) is 12.3 Å².